The summed E-state index contributed by atoms with van der Waals surface area (Å²) in [6, 6.07) is 6.54. The van der Waals surface area contributed by atoms with Gasteiger partial charge in [-0.15, -0.1) is 0 Å². The zero-order valence-corrected chi connectivity index (χ0v) is 12.0. The molecule has 0 aliphatic heterocycles. The number of hydrogen-bond donors (Lipinski definition) is 1. The zero-order chi connectivity index (χ0) is 15.4. The summed E-state index contributed by atoms with van der Waals surface area (Å²) in [5, 5.41) is 9.59. The molecule has 1 heterocycles. The summed E-state index contributed by atoms with van der Waals surface area (Å²) < 4.78 is 10.2. The normalized spacial score (nSPS) is 10.6. The molecule has 2 rings (SSSR count). The van der Waals surface area contributed by atoms with Crippen LogP contribution < -0.4 is 10.4 Å². The molecule has 1 amide bonds. The van der Waals surface area contributed by atoms with Gasteiger partial charge in [0.1, 0.15) is 16.9 Å². The van der Waals surface area contributed by atoms with Gasteiger partial charge >= 0.3 is 5.63 Å². The van der Waals surface area contributed by atoms with Gasteiger partial charge in [-0.3, -0.25) is 4.79 Å². The van der Waals surface area contributed by atoms with Crippen LogP contribution in [0.4, 0.5) is 0 Å². The van der Waals surface area contributed by atoms with Crippen LogP contribution in [0.5, 0.6) is 5.75 Å². The highest BCUT2D eigenvalue weighted by atomic mass is 16.5. The number of aliphatic hydroxyl groups excluding tert-OH is 1. The van der Waals surface area contributed by atoms with E-state index >= 15 is 0 Å². The lowest BCUT2D eigenvalue weighted by Gasteiger charge is -2.19. The Labute approximate surface area is 121 Å². The van der Waals surface area contributed by atoms with Gasteiger partial charge in [0.05, 0.1) is 13.7 Å². The molecule has 0 aliphatic rings. The third kappa shape index (κ3) is 3.05. The summed E-state index contributed by atoms with van der Waals surface area (Å²) >= 11 is 0. The number of ether oxygens (including phenoxy) is 1. The summed E-state index contributed by atoms with van der Waals surface area (Å²) in [5.74, 6) is 0.123. The molecule has 2 aromatic rings. The molecule has 1 aromatic carbocycles. The van der Waals surface area contributed by atoms with Crippen LogP contribution in [0.2, 0.25) is 0 Å². The minimum absolute atomic E-state index is 0.0389. The minimum Gasteiger partial charge on any atom is -0.497 e. The number of fused-ring (bicyclic) bond motifs is 1. The summed E-state index contributed by atoms with van der Waals surface area (Å²) in [7, 11) is 1.52. The van der Waals surface area contributed by atoms with Gasteiger partial charge in [0.25, 0.3) is 5.91 Å². The van der Waals surface area contributed by atoms with Crippen molar-refractivity contribution in [3.8, 4) is 5.75 Å². The average molecular weight is 291 g/mol. The maximum atomic E-state index is 12.3. The van der Waals surface area contributed by atoms with Gasteiger partial charge in [0.2, 0.25) is 0 Å². The molecule has 0 bridgehead atoms. The van der Waals surface area contributed by atoms with Crippen LogP contribution in [0.15, 0.2) is 33.5 Å². The maximum Gasteiger partial charge on any atom is 0.349 e. The number of aliphatic hydroxyl groups is 1. The van der Waals surface area contributed by atoms with Gasteiger partial charge < -0.3 is 19.2 Å². The second-order valence-corrected chi connectivity index (χ2v) is 4.46. The van der Waals surface area contributed by atoms with Crippen molar-refractivity contribution < 1.29 is 19.1 Å². The van der Waals surface area contributed by atoms with E-state index in [9.17, 15) is 9.59 Å². The van der Waals surface area contributed by atoms with E-state index in [0.29, 0.717) is 23.3 Å². The van der Waals surface area contributed by atoms with Gasteiger partial charge in [0.15, 0.2) is 0 Å². The molecule has 0 unspecified atom stereocenters. The van der Waals surface area contributed by atoms with E-state index in [4.69, 9.17) is 14.3 Å². The number of rotatable bonds is 5. The van der Waals surface area contributed by atoms with E-state index in [1.807, 2.05) is 0 Å². The second-order valence-electron chi connectivity index (χ2n) is 4.46. The molecular weight excluding hydrogens is 274 g/mol. The molecule has 1 aromatic heterocycles. The van der Waals surface area contributed by atoms with Crippen LogP contribution in [0.25, 0.3) is 11.0 Å². The largest absolute Gasteiger partial charge is 0.497 e. The SMILES string of the molecule is CCN(CCO)C(=O)c1cc2ccc(OC)cc2oc1=O. The summed E-state index contributed by atoms with van der Waals surface area (Å²) in [6.07, 6.45) is 0. The van der Waals surface area contributed by atoms with Crippen LogP contribution in [-0.2, 0) is 0 Å². The monoisotopic (exact) mass is 291 g/mol. The fraction of sp³-hybridized carbons (Fsp3) is 0.333. The lowest BCUT2D eigenvalue weighted by atomic mass is 10.1. The van der Waals surface area contributed by atoms with E-state index < -0.39 is 11.5 Å². The quantitative estimate of drug-likeness (QED) is 0.839. The lowest BCUT2D eigenvalue weighted by molar-refractivity contribution is 0.0728. The number of methoxy groups -OCH3 is 1. The van der Waals surface area contributed by atoms with E-state index in [1.165, 1.54) is 18.1 Å². The standard InChI is InChI=1S/C15H17NO5/c1-3-16(6-7-17)14(18)12-8-10-4-5-11(20-2)9-13(10)21-15(12)19/h4-5,8-9,17H,3,6-7H2,1-2H3. The van der Waals surface area contributed by atoms with E-state index in [-0.39, 0.29) is 18.7 Å². The number of likely N-dealkylation sites (N-methyl/N-ethyl adjacent to an activating group) is 1. The topological polar surface area (TPSA) is 80.0 Å². The molecule has 0 spiro atoms. The predicted molar refractivity (Wildman–Crippen MR) is 77.7 cm³/mol. The average Bonchev–Trinajstić information content (AvgIpc) is 2.50. The molecule has 1 N–H and O–H groups in total. The molecule has 112 valence electrons. The summed E-state index contributed by atoms with van der Waals surface area (Å²) in [6.45, 7) is 2.20. The Morgan fingerprint density at radius 3 is 2.76 bits per heavy atom. The van der Waals surface area contributed by atoms with Crippen molar-refractivity contribution in [1.82, 2.24) is 4.90 Å². The zero-order valence-electron chi connectivity index (χ0n) is 12.0. The maximum absolute atomic E-state index is 12.3. The van der Waals surface area contributed by atoms with Crippen molar-refractivity contribution in [3.05, 3.63) is 40.2 Å². The first kappa shape index (κ1) is 15.1. The highest BCUT2D eigenvalue weighted by Crippen LogP contribution is 2.20. The number of nitrogens with zero attached hydrogens (tertiary/aromatic N) is 1. The smallest absolute Gasteiger partial charge is 0.349 e. The number of carbonyl (C=O) groups excluding carboxylic acids is 1. The predicted octanol–water partition coefficient (Wildman–Crippen LogP) is 1.26. The lowest BCUT2D eigenvalue weighted by Crippen LogP contribution is -2.35. The fourth-order valence-corrected chi connectivity index (χ4v) is 2.06. The molecular formula is C15H17NO5. The minimum atomic E-state index is -0.697. The van der Waals surface area contributed by atoms with Crippen LogP contribution in [0, 0.1) is 0 Å². The van der Waals surface area contributed by atoms with Gasteiger partial charge in [-0.05, 0) is 25.1 Å². The third-order valence-electron chi connectivity index (χ3n) is 3.21. The first-order valence-corrected chi connectivity index (χ1v) is 6.62. The molecule has 6 heteroatoms. The summed E-state index contributed by atoms with van der Waals surface area (Å²) in [4.78, 5) is 25.7. The van der Waals surface area contributed by atoms with Crippen molar-refractivity contribution >= 4 is 16.9 Å². The Kier molecular flexibility index (Phi) is 4.59. The first-order valence-electron chi connectivity index (χ1n) is 6.62. The van der Waals surface area contributed by atoms with Crippen LogP contribution >= 0.6 is 0 Å². The third-order valence-corrected chi connectivity index (χ3v) is 3.21. The molecule has 0 atom stereocenters. The second kappa shape index (κ2) is 6.41. The van der Waals surface area contributed by atoms with Crippen molar-refractivity contribution in [1.29, 1.82) is 0 Å². The van der Waals surface area contributed by atoms with E-state index in [1.54, 1.807) is 25.1 Å². The molecule has 0 fully saturated rings. The highest BCUT2D eigenvalue weighted by molar-refractivity contribution is 5.96. The number of benzene rings is 1. The van der Waals surface area contributed by atoms with Crippen molar-refractivity contribution in [2.75, 3.05) is 26.8 Å². The van der Waals surface area contributed by atoms with Gasteiger partial charge in [-0.2, -0.15) is 0 Å². The molecule has 0 aliphatic carbocycles. The number of carbonyl (C=O) groups is 1. The van der Waals surface area contributed by atoms with Crippen LogP contribution in [-0.4, -0.2) is 42.7 Å². The van der Waals surface area contributed by atoms with Gasteiger partial charge in [0, 0.05) is 24.5 Å². The Morgan fingerprint density at radius 1 is 1.38 bits per heavy atom. The Balaban J connectivity index is 2.47. The Hall–Kier alpha value is -2.34. The molecule has 0 radical (unpaired) electrons. The van der Waals surface area contributed by atoms with Crippen molar-refractivity contribution in [2.45, 2.75) is 6.92 Å². The Morgan fingerprint density at radius 2 is 2.14 bits per heavy atom. The van der Waals surface area contributed by atoms with E-state index in [0.717, 1.165) is 0 Å². The molecule has 0 saturated heterocycles. The molecule has 21 heavy (non-hydrogen) atoms. The highest BCUT2D eigenvalue weighted by Gasteiger charge is 2.19. The van der Waals surface area contributed by atoms with Crippen molar-refractivity contribution in [2.24, 2.45) is 0 Å². The van der Waals surface area contributed by atoms with E-state index in [2.05, 4.69) is 0 Å². The first-order chi connectivity index (χ1) is 10.1. The van der Waals surface area contributed by atoms with Crippen LogP contribution in [0.3, 0.4) is 0 Å². The molecule has 6 nitrogen and oxygen atoms in total. The van der Waals surface area contributed by atoms with Crippen molar-refractivity contribution in [3.63, 3.8) is 0 Å². The Bertz CT molecular complexity index is 707. The fourth-order valence-electron chi connectivity index (χ4n) is 2.06. The van der Waals surface area contributed by atoms with Crippen LogP contribution in [0.1, 0.15) is 17.3 Å². The number of hydrogen-bond acceptors (Lipinski definition) is 5. The molecule has 0 saturated carbocycles. The summed E-state index contributed by atoms with van der Waals surface area (Å²) in [5.41, 5.74) is -0.374. The van der Waals surface area contributed by atoms with Gasteiger partial charge in [-0.1, -0.05) is 0 Å². The van der Waals surface area contributed by atoms with Gasteiger partial charge in [-0.25, -0.2) is 4.79 Å². The number of amides is 1.